The second kappa shape index (κ2) is 4.63. The highest BCUT2D eigenvalue weighted by atomic mass is 16.5. The minimum atomic E-state index is -0.00986. The van der Waals surface area contributed by atoms with Gasteiger partial charge in [-0.15, -0.1) is 0 Å². The van der Waals surface area contributed by atoms with Gasteiger partial charge in [0, 0.05) is 19.7 Å². The molecule has 2 aliphatic rings. The molecule has 16 heavy (non-hydrogen) atoms. The van der Waals surface area contributed by atoms with Crippen molar-refractivity contribution in [3.63, 3.8) is 0 Å². The van der Waals surface area contributed by atoms with Gasteiger partial charge >= 0.3 is 0 Å². The highest BCUT2D eigenvalue weighted by Crippen LogP contribution is 2.41. The fraction of sp³-hybridized carbons (Fsp3) is 1.00. The third kappa shape index (κ3) is 2.41. The molecule has 2 fully saturated rings. The quantitative estimate of drug-likeness (QED) is 0.798. The van der Waals surface area contributed by atoms with Crippen LogP contribution in [0.2, 0.25) is 0 Å². The first-order chi connectivity index (χ1) is 7.58. The highest BCUT2D eigenvalue weighted by molar-refractivity contribution is 5.02. The third-order valence-corrected chi connectivity index (χ3v) is 4.30. The van der Waals surface area contributed by atoms with Crippen molar-refractivity contribution >= 4 is 0 Å². The molecule has 1 heterocycles. The van der Waals surface area contributed by atoms with E-state index in [1.165, 1.54) is 19.3 Å². The molecule has 0 amide bonds. The van der Waals surface area contributed by atoms with Gasteiger partial charge in [0.15, 0.2) is 0 Å². The lowest BCUT2D eigenvalue weighted by Crippen LogP contribution is -2.61. The van der Waals surface area contributed by atoms with Gasteiger partial charge in [-0.2, -0.15) is 0 Å². The highest BCUT2D eigenvalue weighted by Gasteiger charge is 2.46. The number of nitrogens with one attached hydrogen (secondary N) is 1. The zero-order chi connectivity index (χ0) is 11.6. The van der Waals surface area contributed by atoms with Crippen molar-refractivity contribution < 1.29 is 9.47 Å². The number of rotatable bonds is 4. The molecule has 2 rings (SSSR count). The van der Waals surface area contributed by atoms with Crippen molar-refractivity contribution in [2.45, 2.75) is 63.2 Å². The minimum Gasteiger partial charge on any atom is -0.379 e. The van der Waals surface area contributed by atoms with Crippen molar-refractivity contribution in [3.05, 3.63) is 0 Å². The Morgan fingerprint density at radius 3 is 2.75 bits per heavy atom. The summed E-state index contributed by atoms with van der Waals surface area (Å²) in [6.45, 7) is 6.19. The largest absolute Gasteiger partial charge is 0.379 e. The average molecular weight is 227 g/mol. The fourth-order valence-electron chi connectivity index (χ4n) is 2.75. The van der Waals surface area contributed by atoms with Crippen LogP contribution in [0.3, 0.4) is 0 Å². The van der Waals surface area contributed by atoms with E-state index in [0.717, 1.165) is 26.0 Å². The van der Waals surface area contributed by atoms with Gasteiger partial charge in [0.1, 0.15) is 0 Å². The van der Waals surface area contributed by atoms with Crippen LogP contribution in [0.4, 0.5) is 0 Å². The first kappa shape index (κ1) is 12.3. The average Bonchev–Trinajstić information content (AvgIpc) is 2.25. The van der Waals surface area contributed by atoms with E-state index in [1.54, 1.807) is 7.11 Å². The Hall–Kier alpha value is -0.120. The summed E-state index contributed by atoms with van der Waals surface area (Å²) in [5.41, 5.74) is 0.159. The number of methoxy groups -OCH3 is 1. The Balaban J connectivity index is 1.87. The van der Waals surface area contributed by atoms with Crippen LogP contribution >= 0.6 is 0 Å². The van der Waals surface area contributed by atoms with Crippen molar-refractivity contribution in [1.82, 2.24) is 5.32 Å². The second-order valence-electron chi connectivity index (χ2n) is 5.78. The van der Waals surface area contributed by atoms with Crippen LogP contribution in [0.25, 0.3) is 0 Å². The molecule has 1 N–H and O–H groups in total. The molecular weight excluding hydrogens is 202 g/mol. The van der Waals surface area contributed by atoms with E-state index in [2.05, 4.69) is 19.2 Å². The molecule has 1 aliphatic carbocycles. The molecule has 3 heteroatoms. The molecule has 0 aromatic rings. The number of hydrogen-bond acceptors (Lipinski definition) is 3. The van der Waals surface area contributed by atoms with E-state index in [1.807, 2.05) is 0 Å². The Morgan fingerprint density at radius 1 is 1.44 bits per heavy atom. The van der Waals surface area contributed by atoms with Crippen molar-refractivity contribution in [3.8, 4) is 0 Å². The van der Waals surface area contributed by atoms with Gasteiger partial charge in [-0.3, -0.25) is 0 Å². The predicted octanol–water partition coefficient (Wildman–Crippen LogP) is 2.10. The van der Waals surface area contributed by atoms with Crippen molar-refractivity contribution in [2.75, 3.05) is 20.3 Å². The lowest BCUT2D eigenvalue weighted by molar-refractivity contribution is -0.148. The zero-order valence-corrected chi connectivity index (χ0v) is 10.8. The van der Waals surface area contributed by atoms with E-state index < -0.39 is 0 Å². The van der Waals surface area contributed by atoms with Gasteiger partial charge < -0.3 is 14.8 Å². The van der Waals surface area contributed by atoms with E-state index in [9.17, 15) is 0 Å². The zero-order valence-electron chi connectivity index (χ0n) is 10.8. The SMILES string of the molecule is COC(C)(C)CCC1NCCOC12CCC2. The van der Waals surface area contributed by atoms with Crippen molar-refractivity contribution in [2.24, 2.45) is 0 Å². The smallest absolute Gasteiger partial charge is 0.0835 e. The van der Waals surface area contributed by atoms with Gasteiger partial charge in [0.2, 0.25) is 0 Å². The molecule has 0 radical (unpaired) electrons. The maximum Gasteiger partial charge on any atom is 0.0835 e. The summed E-state index contributed by atoms with van der Waals surface area (Å²) in [6, 6.07) is 0.532. The molecule has 1 saturated heterocycles. The lowest BCUT2D eigenvalue weighted by Gasteiger charge is -2.51. The maximum atomic E-state index is 6.01. The van der Waals surface area contributed by atoms with Crippen LogP contribution < -0.4 is 5.32 Å². The van der Waals surface area contributed by atoms with Gasteiger partial charge in [-0.05, 0) is 46.0 Å². The summed E-state index contributed by atoms with van der Waals surface area (Å²) in [6.07, 6.45) is 6.04. The summed E-state index contributed by atoms with van der Waals surface area (Å²) in [7, 11) is 1.80. The van der Waals surface area contributed by atoms with Crippen LogP contribution in [0.15, 0.2) is 0 Å². The standard InChI is InChI=1S/C13H25NO2/c1-12(2,15-3)8-5-11-13(6-4-7-13)16-10-9-14-11/h11,14H,4-10H2,1-3H3. The summed E-state index contributed by atoms with van der Waals surface area (Å²) in [5, 5.41) is 3.63. The van der Waals surface area contributed by atoms with E-state index >= 15 is 0 Å². The van der Waals surface area contributed by atoms with Gasteiger partial charge in [-0.25, -0.2) is 0 Å². The Morgan fingerprint density at radius 2 is 2.19 bits per heavy atom. The molecule has 3 nitrogen and oxygen atoms in total. The molecule has 0 bridgehead atoms. The van der Waals surface area contributed by atoms with E-state index in [0.29, 0.717) is 6.04 Å². The number of hydrogen-bond donors (Lipinski definition) is 1. The summed E-state index contributed by atoms with van der Waals surface area (Å²) in [4.78, 5) is 0. The third-order valence-electron chi connectivity index (χ3n) is 4.30. The van der Waals surface area contributed by atoms with E-state index in [-0.39, 0.29) is 11.2 Å². The molecule has 0 aromatic carbocycles. The maximum absolute atomic E-state index is 6.01. The van der Waals surface area contributed by atoms with Crippen LogP contribution in [-0.2, 0) is 9.47 Å². The van der Waals surface area contributed by atoms with Gasteiger partial charge in [0.05, 0.1) is 17.8 Å². The molecule has 1 atom stereocenters. The lowest BCUT2D eigenvalue weighted by atomic mass is 9.72. The van der Waals surface area contributed by atoms with Crippen LogP contribution in [0.5, 0.6) is 0 Å². The van der Waals surface area contributed by atoms with Gasteiger partial charge in [0.25, 0.3) is 0 Å². The first-order valence-electron chi connectivity index (χ1n) is 6.50. The second-order valence-corrected chi connectivity index (χ2v) is 5.78. The van der Waals surface area contributed by atoms with Crippen LogP contribution in [0.1, 0.15) is 46.0 Å². The van der Waals surface area contributed by atoms with Gasteiger partial charge in [-0.1, -0.05) is 0 Å². The predicted molar refractivity (Wildman–Crippen MR) is 64.6 cm³/mol. The molecule has 1 aliphatic heterocycles. The molecular formula is C13H25NO2. The Kier molecular flexibility index (Phi) is 3.57. The molecule has 1 spiro atoms. The summed E-state index contributed by atoms with van der Waals surface area (Å²) >= 11 is 0. The topological polar surface area (TPSA) is 30.5 Å². The normalized spacial score (nSPS) is 29.1. The molecule has 94 valence electrons. The summed E-state index contributed by atoms with van der Waals surface area (Å²) in [5.74, 6) is 0. The monoisotopic (exact) mass is 227 g/mol. The van der Waals surface area contributed by atoms with Crippen LogP contribution in [0, 0.1) is 0 Å². The molecule has 1 saturated carbocycles. The number of morpholine rings is 1. The molecule has 1 unspecified atom stereocenters. The molecule has 0 aromatic heterocycles. The van der Waals surface area contributed by atoms with Crippen molar-refractivity contribution in [1.29, 1.82) is 0 Å². The first-order valence-corrected chi connectivity index (χ1v) is 6.50. The fourth-order valence-corrected chi connectivity index (χ4v) is 2.75. The Bertz CT molecular complexity index is 236. The van der Waals surface area contributed by atoms with Crippen LogP contribution in [-0.4, -0.2) is 37.5 Å². The van der Waals surface area contributed by atoms with E-state index in [4.69, 9.17) is 9.47 Å². The Labute approximate surface area is 98.9 Å². The summed E-state index contributed by atoms with van der Waals surface area (Å²) < 4.78 is 11.5. The minimum absolute atomic E-state index is 0.00986. The number of ether oxygens (including phenoxy) is 2.